The van der Waals surface area contributed by atoms with Gasteiger partial charge in [0.25, 0.3) is 0 Å². The van der Waals surface area contributed by atoms with E-state index in [-0.39, 0.29) is 23.8 Å². The van der Waals surface area contributed by atoms with Crippen LogP contribution in [0.5, 0.6) is 0 Å². The van der Waals surface area contributed by atoms with Gasteiger partial charge in [-0.25, -0.2) is 4.79 Å². The highest BCUT2D eigenvalue weighted by molar-refractivity contribution is 5.74. The molecule has 2 amide bonds. The number of carbonyl (C=O) groups excluding carboxylic acids is 1. The van der Waals surface area contributed by atoms with Crippen molar-refractivity contribution >= 4 is 12.0 Å². The van der Waals surface area contributed by atoms with E-state index in [4.69, 9.17) is 5.11 Å². The summed E-state index contributed by atoms with van der Waals surface area (Å²) >= 11 is 0. The summed E-state index contributed by atoms with van der Waals surface area (Å²) in [5, 5.41) is 11.8. The van der Waals surface area contributed by atoms with E-state index in [2.05, 4.69) is 26.1 Å². The van der Waals surface area contributed by atoms with E-state index >= 15 is 0 Å². The number of carboxylic acids is 1. The summed E-state index contributed by atoms with van der Waals surface area (Å²) in [4.78, 5) is 24.5. The molecule has 19 heavy (non-hydrogen) atoms. The summed E-state index contributed by atoms with van der Waals surface area (Å²) in [6.45, 7) is 8.30. The first-order valence-electron chi connectivity index (χ1n) is 7.08. The molecule has 1 aliphatic heterocycles. The van der Waals surface area contributed by atoms with Crippen LogP contribution in [0.25, 0.3) is 0 Å². The van der Waals surface area contributed by atoms with E-state index in [0.717, 1.165) is 25.8 Å². The van der Waals surface area contributed by atoms with Gasteiger partial charge in [-0.05, 0) is 30.6 Å². The van der Waals surface area contributed by atoms with Crippen LogP contribution in [0.4, 0.5) is 4.79 Å². The highest BCUT2D eigenvalue weighted by Crippen LogP contribution is 2.21. The predicted molar refractivity (Wildman–Crippen MR) is 74.0 cm³/mol. The van der Waals surface area contributed by atoms with Gasteiger partial charge in [0.1, 0.15) is 0 Å². The van der Waals surface area contributed by atoms with Gasteiger partial charge < -0.3 is 15.3 Å². The molecule has 0 radical (unpaired) electrons. The number of rotatable bonds is 5. The first-order valence-corrected chi connectivity index (χ1v) is 7.08. The second-order valence-corrected chi connectivity index (χ2v) is 6.23. The van der Waals surface area contributed by atoms with E-state index in [1.54, 1.807) is 4.90 Å². The summed E-state index contributed by atoms with van der Waals surface area (Å²) in [5.41, 5.74) is 0.103. The number of carbonyl (C=O) groups is 2. The molecule has 1 rings (SSSR count). The van der Waals surface area contributed by atoms with Crippen LogP contribution in [0.15, 0.2) is 0 Å². The fraction of sp³-hybridized carbons (Fsp3) is 0.857. The Labute approximate surface area is 115 Å². The molecule has 0 bridgehead atoms. The minimum absolute atomic E-state index is 0.0587. The maximum Gasteiger partial charge on any atom is 0.317 e. The lowest BCUT2D eigenvalue weighted by molar-refractivity contribution is -0.138. The number of hydrogen-bond donors (Lipinski definition) is 2. The molecule has 1 atom stereocenters. The van der Waals surface area contributed by atoms with Crippen LogP contribution in [0.3, 0.4) is 0 Å². The number of amides is 2. The van der Waals surface area contributed by atoms with Crippen LogP contribution in [0.1, 0.15) is 46.5 Å². The van der Waals surface area contributed by atoms with Crippen LogP contribution in [0, 0.1) is 11.3 Å². The molecule has 0 aromatic heterocycles. The van der Waals surface area contributed by atoms with E-state index in [1.807, 2.05) is 0 Å². The molecule has 0 saturated carbocycles. The fourth-order valence-corrected chi connectivity index (χ4v) is 2.21. The summed E-state index contributed by atoms with van der Waals surface area (Å²) in [6, 6.07) is -0.0587. The Hall–Kier alpha value is -1.26. The van der Waals surface area contributed by atoms with Gasteiger partial charge in [0, 0.05) is 26.1 Å². The van der Waals surface area contributed by atoms with Gasteiger partial charge in [-0.3, -0.25) is 4.79 Å². The van der Waals surface area contributed by atoms with Crippen LogP contribution < -0.4 is 5.32 Å². The molecule has 1 heterocycles. The zero-order valence-electron chi connectivity index (χ0n) is 12.2. The molecular formula is C14H26N2O3. The smallest absolute Gasteiger partial charge is 0.317 e. The summed E-state index contributed by atoms with van der Waals surface area (Å²) in [6.07, 6.45) is 2.96. The monoisotopic (exact) mass is 270 g/mol. The minimum Gasteiger partial charge on any atom is -0.481 e. The summed E-state index contributed by atoms with van der Waals surface area (Å²) in [7, 11) is 0. The molecule has 1 saturated heterocycles. The van der Waals surface area contributed by atoms with Crippen LogP contribution in [-0.4, -0.2) is 41.6 Å². The van der Waals surface area contributed by atoms with Crippen molar-refractivity contribution in [2.45, 2.75) is 46.5 Å². The van der Waals surface area contributed by atoms with Crippen LogP contribution >= 0.6 is 0 Å². The molecule has 1 unspecified atom stereocenters. The fourth-order valence-electron chi connectivity index (χ4n) is 2.21. The summed E-state index contributed by atoms with van der Waals surface area (Å²) < 4.78 is 0. The molecule has 2 N–H and O–H groups in total. The van der Waals surface area contributed by atoms with Gasteiger partial charge in [0.05, 0.1) is 0 Å². The molecule has 0 aromatic carbocycles. The van der Waals surface area contributed by atoms with Crippen molar-refractivity contribution in [3.05, 3.63) is 0 Å². The zero-order valence-corrected chi connectivity index (χ0v) is 12.2. The molecule has 0 aromatic rings. The Morgan fingerprint density at radius 3 is 2.68 bits per heavy atom. The average molecular weight is 270 g/mol. The zero-order chi connectivity index (χ0) is 14.5. The Bertz CT molecular complexity index is 329. The first kappa shape index (κ1) is 15.8. The maximum atomic E-state index is 12.1. The van der Waals surface area contributed by atoms with E-state index in [0.29, 0.717) is 13.1 Å². The lowest BCUT2D eigenvalue weighted by Gasteiger charge is -2.33. The van der Waals surface area contributed by atoms with Crippen molar-refractivity contribution < 1.29 is 14.7 Å². The average Bonchev–Trinajstić information content (AvgIpc) is 2.35. The molecule has 1 aliphatic rings. The first-order chi connectivity index (χ1) is 8.84. The number of piperidine rings is 1. The van der Waals surface area contributed by atoms with Crippen molar-refractivity contribution in [2.24, 2.45) is 11.3 Å². The SMILES string of the molecule is CCC(C)(C)CNC(=O)N1CCCC(CC(=O)O)C1. The molecule has 110 valence electrons. The molecule has 5 nitrogen and oxygen atoms in total. The highest BCUT2D eigenvalue weighted by atomic mass is 16.4. The summed E-state index contributed by atoms with van der Waals surface area (Å²) in [5.74, 6) is -0.685. The maximum absolute atomic E-state index is 12.1. The highest BCUT2D eigenvalue weighted by Gasteiger charge is 2.26. The van der Waals surface area contributed by atoms with Crippen molar-refractivity contribution in [3.63, 3.8) is 0 Å². The minimum atomic E-state index is -0.778. The van der Waals surface area contributed by atoms with E-state index in [1.165, 1.54) is 0 Å². The van der Waals surface area contributed by atoms with Crippen molar-refractivity contribution in [2.75, 3.05) is 19.6 Å². The van der Waals surface area contributed by atoms with E-state index in [9.17, 15) is 9.59 Å². The Kier molecular flexibility index (Phi) is 5.63. The number of likely N-dealkylation sites (tertiary alicyclic amines) is 1. The largest absolute Gasteiger partial charge is 0.481 e. The number of hydrogen-bond acceptors (Lipinski definition) is 2. The molecular weight excluding hydrogens is 244 g/mol. The molecule has 1 fully saturated rings. The van der Waals surface area contributed by atoms with Crippen LogP contribution in [-0.2, 0) is 4.79 Å². The third kappa shape index (κ3) is 5.49. The Balaban J connectivity index is 2.41. The van der Waals surface area contributed by atoms with Crippen LogP contribution in [0.2, 0.25) is 0 Å². The van der Waals surface area contributed by atoms with Gasteiger partial charge in [0.2, 0.25) is 0 Å². The van der Waals surface area contributed by atoms with Gasteiger partial charge in [0.15, 0.2) is 0 Å². The van der Waals surface area contributed by atoms with Gasteiger partial charge in [-0.15, -0.1) is 0 Å². The Morgan fingerprint density at radius 2 is 2.11 bits per heavy atom. The standard InChI is InChI=1S/C14H26N2O3/c1-4-14(2,3)10-15-13(19)16-7-5-6-11(9-16)8-12(17)18/h11H,4-10H2,1-3H3,(H,15,19)(H,17,18). The second kappa shape index (κ2) is 6.78. The number of aliphatic carboxylic acids is 1. The lowest BCUT2D eigenvalue weighted by atomic mass is 9.90. The molecule has 0 aliphatic carbocycles. The number of nitrogens with zero attached hydrogens (tertiary/aromatic N) is 1. The number of carboxylic acid groups (broad SMARTS) is 1. The quantitative estimate of drug-likeness (QED) is 0.805. The lowest BCUT2D eigenvalue weighted by Crippen LogP contribution is -2.47. The number of nitrogens with one attached hydrogen (secondary N) is 1. The second-order valence-electron chi connectivity index (χ2n) is 6.23. The third-order valence-corrected chi connectivity index (χ3v) is 3.94. The third-order valence-electron chi connectivity index (χ3n) is 3.94. The van der Waals surface area contributed by atoms with Crippen molar-refractivity contribution in [1.82, 2.24) is 10.2 Å². The van der Waals surface area contributed by atoms with Crippen molar-refractivity contribution in [1.29, 1.82) is 0 Å². The predicted octanol–water partition coefficient (Wildman–Crippen LogP) is 2.32. The van der Waals surface area contributed by atoms with Gasteiger partial charge in [-0.2, -0.15) is 0 Å². The molecule has 5 heteroatoms. The van der Waals surface area contributed by atoms with Crippen molar-refractivity contribution in [3.8, 4) is 0 Å². The number of urea groups is 1. The topological polar surface area (TPSA) is 69.6 Å². The van der Waals surface area contributed by atoms with E-state index < -0.39 is 5.97 Å². The van der Waals surface area contributed by atoms with Gasteiger partial charge >= 0.3 is 12.0 Å². The molecule has 0 spiro atoms. The Morgan fingerprint density at radius 1 is 1.42 bits per heavy atom. The normalized spacial score (nSPS) is 20.2. The van der Waals surface area contributed by atoms with Gasteiger partial charge in [-0.1, -0.05) is 20.8 Å².